The third-order valence-electron chi connectivity index (χ3n) is 9.42. The fraction of sp³-hybridized carbons (Fsp3) is 0.531. The minimum Gasteiger partial charge on any atom is -0.348 e. The van der Waals surface area contributed by atoms with Crippen molar-refractivity contribution in [2.45, 2.75) is 77.0 Å². The maximum absolute atomic E-state index is 12.3. The predicted octanol–water partition coefficient (Wildman–Crippen LogP) is 4.89. The van der Waals surface area contributed by atoms with E-state index in [-0.39, 0.29) is 23.7 Å². The summed E-state index contributed by atoms with van der Waals surface area (Å²) in [4.78, 5) is 41.9. The van der Waals surface area contributed by atoms with Gasteiger partial charge in [0.15, 0.2) is 5.65 Å². The number of anilines is 1. The molecule has 1 spiro atoms. The van der Waals surface area contributed by atoms with E-state index in [2.05, 4.69) is 70.0 Å². The van der Waals surface area contributed by atoms with Gasteiger partial charge < -0.3 is 10.2 Å². The molecule has 2 saturated carbocycles. The fourth-order valence-electron chi connectivity index (χ4n) is 6.76. The molecule has 1 N–H and O–H groups in total. The third kappa shape index (κ3) is 5.39. The van der Waals surface area contributed by atoms with Gasteiger partial charge in [-0.1, -0.05) is 43.7 Å². The van der Waals surface area contributed by atoms with Crippen molar-refractivity contribution in [3.63, 3.8) is 0 Å². The number of amides is 1. The summed E-state index contributed by atoms with van der Waals surface area (Å²) in [5.41, 5.74) is 3.12. The summed E-state index contributed by atoms with van der Waals surface area (Å²) in [7, 11) is 2.29. The van der Waals surface area contributed by atoms with Crippen molar-refractivity contribution in [3.05, 3.63) is 70.9 Å². The first-order valence-corrected chi connectivity index (χ1v) is 14.9. The van der Waals surface area contributed by atoms with E-state index in [1.165, 1.54) is 37.1 Å². The first-order valence-electron chi connectivity index (χ1n) is 14.9. The molecule has 2 aliphatic carbocycles. The Morgan fingerprint density at radius 2 is 1.78 bits per heavy atom. The van der Waals surface area contributed by atoms with Gasteiger partial charge in [-0.25, -0.2) is 14.8 Å². The molecule has 1 aliphatic heterocycles. The Morgan fingerprint density at radius 1 is 1.12 bits per heavy atom. The average molecular weight is 556 g/mol. The first kappa shape index (κ1) is 27.6. The third-order valence-corrected chi connectivity index (χ3v) is 9.42. The zero-order valence-electron chi connectivity index (χ0n) is 24.6. The molecular weight excluding hydrogens is 514 g/mol. The van der Waals surface area contributed by atoms with Crippen LogP contribution < -0.4 is 11.0 Å². The highest BCUT2D eigenvalue weighted by Gasteiger charge is 2.54. The molecule has 41 heavy (non-hydrogen) atoms. The van der Waals surface area contributed by atoms with Crippen molar-refractivity contribution < 1.29 is 4.79 Å². The number of nitrogens with zero attached hydrogens (tertiary/aromatic N) is 6. The lowest BCUT2D eigenvalue weighted by molar-refractivity contribution is -0.153. The molecule has 1 aromatic carbocycles. The molecule has 3 fully saturated rings. The summed E-state index contributed by atoms with van der Waals surface area (Å²) in [5, 5.41) is 4.16. The highest BCUT2D eigenvalue weighted by Crippen LogP contribution is 2.52. The quantitative estimate of drug-likeness (QED) is 0.356. The number of hydrogen-bond acceptors (Lipinski definition) is 7. The van der Waals surface area contributed by atoms with E-state index in [0.29, 0.717) is 29.1 Å². The van der Waals surface area contributed by atoms with Gasteiger partial charge in [0, 0.05) is 49.0 Å². The standard InChI is InChI=1S/C32H41N7O2/c1-6-28(40)38-18-32(19-38)14-26(15-32)37(5)27(13-22-7-8-22)24-11-9-23(10-12-24)21(4)35-30-33-16-25-17-34-31(41)39(20(2)3)29(25)36-30/h6,9-12,16-17,20-22,26-27H,1,7-8,13-15,18-19H2,2-5H3,(H,33,35,36)/t21-,27?/m0/s1. The van der Waals surface area contributed by atoms with Crippen molar-refractivity contribution in [2.75, 3.05) is 25.5 Å². The number of fused-ring (bicyclic) bond motifs is 1. The van der Waals surface area contributed by atoms with Crippen LogP contribution >= 0.6 is 0 Å². The van der Waals surface area contributed by atoms with Gasteiger partial charge in [0.05, 0.1) is 11.4 Å². The lowest BCUT2D eigenvalue weighted by atomic mass is 9.60. The van der Waals surface area contributed by atoms with Crippen LogP contribution in [0.4, 0.5) is 5.95 Å². The molecule has 1 saturated heterocycles. The highest BCUT2D eigenvalue weighted by atomic mass is 16.2. The minimum atomic E-state index is -0.305. The van der Waals surface area contributed by atoms with Crippen LogP contribution in [-0.2, 0) is 4.79 Å². The van der Waals surface area contributed by atoms with E-state index in [0.717, 1.165) is 42.8 Å². The van der Waals surface area contributed by atoms with Crippen molar-refractivity contribution in [1.82, 2.24) is 29.3 Å². The number of rotatable bonds is 10. The summed E-state index contributed by atoms with van der Waals surface area (Å²) in [6.07, 6.45) is 10.9. The summed E-state index contributed by atoms with van der Waals surface area (Å²) in [6.45, 7) is 11.4. The Hall–Kier alpha value is -3.59. The average Bonchev–Trinajstić information content (AvgIpc) is 3.74. The second kappa shape index (κ2) is 10.7. The smallest absolute Gasteiger partial charge is 0.348 e. The lowest BCUT2D eigenvalue weighted by Crippen LogP contribution is -2.67. The number of carbonyl (C=O) groups excluding carboxylic acids is 1. The molecule has 3 heterocycles. The van der Waals surface area contributed by atoms with Gasteiger partial charge in [-0.15, -0.1) is 0 Å². The monoisotopic (exact) mass is 555 g/mol. The van der Waals surface area contributed by atoms with Crippen LogP contribution in [0.25, 0.3) is 11.0 Å². The summed E-state index contributed by atoms with van der Waals surface area (Å²) >= 11 is 0. The number of hydrogen-bond donors (Lipinski definition) is 1. The minimum absolute atomic E-state index is 0.00602. The van der Waals surface area contributed by atoms with Crippen LogP contribution in [0.2, 0.25) is 0 Å². The normalized spacial score (nSPS) is 19.7. The molecule has 3 aliphatic rings. The second-order valence-electron chi connectivity index (χ2n) is 12.8. The zero-order valence-corrected chi connectivity index (χ0v) is 24.6. The highest BCUT2D eigenvalue weighted by molar-refractivity contribution is 5.87. The van der Waals surface area contributed by atoms with Crippen LogP contribution in [0, 0.1) is 11.3 Å². The Bertz CT molecular complexity index is 1500. The van der Waals surface area contributed by atoms with E-state index in [9.17, 15) is 9.59 Å². The molecule has 216 valence electrons. The van der Waals surface area contributed by atoms with Crippen molar-refractivity contribution >= 4 is 22.9 Å². The molecule has 1 amide bonds. The molecule has 9 heteroatoms. The largest absolute Gasteiger partial charge is 0.349 e. The summed E-state index contributed by atoms with van der Waals surface area (Å²) in [5.74, 6) is 1.37. The number of nitrogens with one attached hydrogen (secondary N) is 1. The molecule has 1 unspecified atom stereocenters. The lowest BCUT2D eigenvalue weighted by Gasteiger charge is -2.61. The van der Waals surface area contributed by atoms with Crippen molar-refractivity contribution in [2.24, 2.45) is 11.3 Å². The van der Waals surface area contributed by atoms with Crippen LogP contribution in [0.15, 0.2) is 54.1 Å². The Morgan fingerprint density at radius 3 is 2.41 bits per heavy atom. The molecule has 2 atom stereocenters. The number of likely N-dealkylation sites (tertiary alicyclic amines) is 1. The Labute approximate surface area is 241 Å². The second-order valence-corrected chi connectivity index (χ2v) is 12.8. The van der Waals surface area contributed by atoms with Gasteiger partial charge in [-0.3, -0.25) is 14.3 Å². The van der Waals surface area contributed by atoms with Crippen LogP contribution in [0.1, 0.15) is 82.1 Å². The summed E-state index contributed by atoms with van der Waals surface area (Å²) < 4.78 is 1.60. The van der Waals surface area contributed by atoms with Gasteiger partial charge in [-0.2, -0.15) is 4.98 Å². The molecule has 3 aromatic rings. The van der Waals surface area contributed by atoms with E-state index >= 15 is 0 Å². The van der Waals surface area contributed by atoms with Crippen LogP contribution in [-0.4, -0.2) is 61.4 Å². The van der Waals surface area contributed by atoms with Crippen LogP contribution in [0.5, 0.6) is 0 Å². The maximum Gasteiger partial charge on any atom is 0.349 e. The van der Waals surface area contributed by atoms with E-state index < -0.39 is 0 Å². The molecule has 0 bridgehead atoms. The topological polar surface area (TPSA) is 96.3 Å². The van der Waals surface area contributed by atoms with Gasteiger partial charge in [0.2, 0.25) is 11.9 Å². The van der Waals surface area contributed by atoms with Gasteiger partial charge in [0.1, 0.15) is 0 Å². The van der Waals surface area contributed by atoms with E-state index in [1.54, 1.807) is 10.8 Å². The van der Waals surface area contributed by atoms with Gasteiger partial charge >= 0.3 is 5.69 Å². The SMILES string of the molecule is C=CC(=O)N1CC2(CC(N(C)C(CC3CC3)c3ccc([C@H](C)Nc4ncc5cnc(=O)n(C(C)C)c5n4)cc3)C2)C1. The van der Waals surface area contributed by atoms with Crippen molar-refractivity contribution in [1.29, 1.82) is 0 Å². The maximum atomic E-state index is 12.3. The zero-order chi connectivity index (χ0) is 28.9. The molecule has 6 rings (SSSR count). The summed E-state index contributed by atoms with van der Waals surface area (Å²) in [6, 6.07) is 9.88. The van der Waals surface area contributed by atoms with Gasteiger partial charge in [0.25, 0.3) is 0 Å². The molecule has 0 radical (unpaired) electrons. The van der Waals surface area contributed by atoms with Crippen molar-refractivity contribution in [3.8, 4) is 0 Å². The molecular formula is C32H41N7O2. The van der Waals surface area contributed by atoms with E-state index in [1.807, 2.05) is 18.7 Å². The Kier molecular flexibility index (Phi) is 7.18. The number of aromatic nitrogens is 4. The predicted molar refractivity (Wildman–Crippen MR) is 161 cm³/mol. The fourth-order valence-corrected chi connectivity index (χ4v) is 6.76. The van der Waals surface area contributed by atoms with Gasteiger partial charge in [-0.05, 0) is 70.2 Å². The number of carbonyl (C=O) groups is 1. The molecule has 9 nitrogen and oxygen atoms in total. The number of benzene rings is 1. The Balaban J connectivity index is 1.13. The molecule has 2 aromatic heterocycles. The van der Waals surface area contributed by atoms with Crippen LogP contribution in [0.3, 0.4) is 0 Å². The first-order chi connectivity index (χ1) is 19.7. The van der Waals surface area contributed by atoms with E-state index in [4.69, 9.17) is 0 Å².